The van der Waals surface area contributed by atoms with Crippen molar-refractivity contribution in [3.8, 4) is 34.0 Å². The molecule has 2 heterocycles. The molecule has 0 radical (unpaired) electrons. The fraction of sp³-hybridized carbons (Fsp3) is 0.321. The number of rotatable bonds is 12. The summed E-state index contributed by atoms with van der Waals surface area (Å²) in [4.78, 5) is 14.4. The highest BCUT2D eigenvalue weighted by Crippen LogP contribution is 2.30. The summed E-state index contributed by atoms with van der Waals surface area (Å²) >= 11 is 0. The zero-order valence-electron chi connectivity index (χ0n) is 21.7. The van der Waals surface area contributed by atoms with E-state index in [1.54, 1.807) is 31.4 Å². The topological polar surface area (TPSA) is 102 Å². The molecule has 0 aliphatic heterocycles. The number of halogens is 2. The summed E-state index contributed by atoms with van der Waals surface area (Å²) in [5.41, 5.74) is 11.3. The van der Waals surface area contributed by atoms with Crippen LogP contribution in [-0.4, -0.2) is 47.7 Å². The van der Waals surface area contributed by atoms with E-state index in [1.807, 2.05) is 55.5 Å². The number of benzene rings is 2. The van der Waals surface area contributed by atoms with Gasteiger partial charge in [0.15, 0.2) is 17.3 Å². The fourth-order valence-electron chi connectivity index (χ4n) is 3.98. The van der Waals surface area contributed by atoms with Crippen molar-refractivity contribution in [3.63, 3.8) is 0 Å². The lowest BCUT2D eigenvalue weighted by molar-refractivity contribution is 0.138. The van der Waals surface area contributed by atoms with Crippen LogP contribution in [0.2, 0.25) is 0 Å². The number of nitrogens with two attached hydrogens (primary N) is 1. The van der Waals surface area contributed by atoms with Crippen molar-refractivity contribution >= 4 is 11.5 Å². The van der Waals surface area contributed by atoms with E-state index in [-0.39, 0.29) is 17.9 Å². The molecule has 2 aromatic carbocycles. The Balaban J connectivity index is 1.52. The highest BCUT2D eigenvalue weighted by molar-refractivity contribution is 5.73. The quantitative estimate of drug-likeness (QED) is 0.232. The number of nitrogens with one attached hydrogen (secondary N) is 1. The van der Waals surface area contributed by atoms with Gasteiger partial charge in [0.05, 0.1) is 37.4 Å². The molecule has 0 spiro atoms. The molecule has 0 amide bonds. The predicted octanol–water partition coefficient (Wildman–Crippen LogP) is 5.61. The van der Waals surface area contributed by atoms with E-state index in [0.717, 1.165) is 22.4 Å². The van der Waals surface area contributed by atoms with Gasteiger partial charge in [0.2, 0.25) is 0 Å². The van der Waals surface area contributed by atoms with Crippen LogP contribution in [0.4, 0.5) is 20.3 Å². The van der Waals surface area contributed by atoms with Gasteiger partial charge >= 0.3 is 0 Å². The van der Waals surface area contributed by atoms with Crippen molar-refractivity contribution in [3.05, 3.63) is 66.4 Å². The molecular weight excluding hydrogens is 490 g/mol. The Labute approximate surface area is 220 Å². The molecule has 4 rings (SSSR count). The van der Waals surface area contributed by atoms with Gasteiger partial charge in [-0.2, -0.15) is 0 Å². The van der Waals surface area contributed by atoms with Crippen LogP contribution in [0.15, 0.2) is 65.3 Å². The summed E-state index contributed by atoms with van der Waals surface area (Å²) in [6.45, 7) is 3.45. The van der Waals surface area contributed by atoms with Gasteiger partial charge in [0.1, 0.15) is 12.4 Å². The molecule has 0 fully saturated rings. The standard InChI is InChI=1S/C28H32F2N6O2/c1-18(15-30)32-16-20-4-6-21(7-5-20)24-14-26(38-35-24)27-28(31)33-17-25(34-27)22-8-10-23(11-9-22)36(37-3)19(2)12-13-29/h4-11,14,17-19,32H,12-13,15-16H2,1-3H3,(H2,31,33). The number of aromatic nitrogens is 3. The lowest BCUT2D eigenvalue weighted by Gasteiger charge is -2.28. The van der Waals surface area contributed by atoms with Gasteiger partial charge in [-0.1, -0.05) is 41.6 Å². The van der Waals surface area contributed by atoms with E-state index in [0.29, 0.717) is 35.8 Å². The van der Waals surface area contributed by atoms with Crippen molar-refractivity contribution in [1.82, 2.24) is 20.4 Å². The van der Waals surface area contributed by atoms with E-state index in [9.17, 15) is 8.78 Å². The molecule has 4 aromatic rings. The highest BCUT2D eigenvalue weighted by Gasteiger charge is 2.17. The first-order chi connectivity index (χ1) is 18.4. The summed E-state index contributed by atoms with van der Waals surface area (Å²) in [5.74, 6) is 0.624. The van der Waals surface area contributed by atoms with Crippen molar-refractivity contribution < 1.29 is 18.1 Å². The van der Waals surface area contributed by atoms with Crippen LogP contribution in [-0.2, 0) is 11.4 Å². The van der Waals surface area contributed by atoms with Crippen molar-refractivity contribution in [1.29, 1.82) is 0 Å². The van der Waals surface area contributed by atoms with Gasteiger partial charge in [-0.25, -0.2) is 14.4 Å². The van der Waals surface area contributed by atoms with Crippen LogP contribution in [0.1, 0.15) is 25.8 Å². The van der Waals surface area contributed by atoms with Gasteiger partial charge in [-0.05, 0) is 38.0 Å². The van der Waals surface area contributed by atoms with Crippen LogP contribution in [0.25, 0.3) is 34.0 Å². The molecule has 200 valence electrons. The van der Waals surface area contributed by atoms with Gasteiger partial charge in [0.25, 0.3) is 0 Å². The minimum absolute atomic E-state index is 0.114. The minimum atomic E-state index is -0.421. The summed E-state index contributed by atoms with van der Waals surface area (Å²) in [5, 5.41) is 8.98. The van der Waals surface area contributed by atoms with Crippen LogP contribution in [0.5, 0.6) is 0 Å². The van der Waals surface area contributed by atoms with Crippen molar-refractivity contribution in [2.45, 2.75) is 38.9 Å². The third-order valence-electron chi connectivity index (χ3n) is 6.22. The summed E-state index contributed by atoms with van der Waals surface area (Å²) < 4.78 is 31.0. The summed E-state index contributed by atoms with van der Waals surface area (Å²) in [6, 6.07) is 16.8. The molecule has 0 saturated carbocycles. The van der Waals surface area contributed by atoms with E-state index in [4.69, 9.17) is 15.1 Å². The molecule has 38 heavy (non-hydrogen) atoms. The highest BCUT2D eigenvalue weighted by atomic mass is 19.1. The van der Waals surface area contributed by atoms with Crippen LogP contribution >= 0.6 is 0 Å². The second kappa shape index (κ2) is 12.6. The minimum Gasteiger partial charge on any atom is -0.382 e. The molecule has 3 N–H and O–H groups in total. The molecule has 0 bridgehead atoms. The van der Waals surface area contributed by atoms with Crippen LogP contribution in [0.3, 0.4) is 0 Å². The third-order valence-corrected chi connectivity index (χ3v) is 6.22. The van der Waals surface area contributed by atoms with Crippen molar-refractivity contribution in [2.75, 3.05) is 31.3 Å². The molecule has 2 aromatic heterocycles. The van der Waals surface area contributed by atoms with Crippen molar-refractivity contribution in [2.24, 2.45) is 0 Å². The van der Waals surface area contributed by atoms with E-state index in [2.05, 4.69) is 20.4 Å². The Bertz CT molecular complexity index is 1310. The van der Waals surface area contributed by atoms with Gasteiger partial charge in [0, 0.05) is 29.8 Å². The summed E-state index contributed by atoms with van der Waals surface area (Å²) in [7, 11) is 1.56. The number of hydrogen-bond acceptors (Lipinski definition) is 8. The SMILES string of the molecule is CON(c1ccc(-c2cnc(N)c(-c3cc(-c4ccc(CNC(C)CF)cc4)no3)n2)cc1)C(C)CCF. The zero-order valence-corrected chi connectivity index (χ0v) is 21.7. The van der Waals surface area contributed by atoms with Gasteiger partial charge < -0.3 is 15.6 Å². The molecule has 8 nitrogen and oxygen atoms in total. The molecule has 2 unspecified atom stereocenters. The number of nitrogens with zero attached hydrogens (tertiary/aromatic N) is 4. The first-order valence-corrected chi connectivity index (χ1v) is 12.4. The maximum Gasteiger partial charge on any atom is 0.189 e. The molecule has 2 atom stereocenters. The average Bonchev–Trinajstić information content (AvgIpc) is 3.43. The third kappa shape index (κ3) is 6.32. The van der Waals surface area contributed by atoms with E-state index < -0.39 is 13.3 Å². The second-order valence-electron chi connectivity index (χ2n) is 9.08. The molecule has 0 saturated heterocycles. The lowest BCUT2D eigenvalue weighted by atomic mass is 10.1. The Morgan fingerprint density at radius 1 is 1.03 bits per heavy atom. The number of alkyl halides is 2. The molecule has 0 aliphatic carbocycles. The normalized spacial score (nSPS) is 12.9. The lowest BCUT2D eigenvalue weighted by Crippen LogP contribution is -2.32. The largest absolute Gasteiger partial charge is 0.382 e. The number of hydroxylamine groups is 1. The smallest absolute Gasteiger partial charge is 0.189 e. The number of anilines is 2. The Kier molecular flexibility index (Phi) is 8.98. The Hall–Kier alpha value is -3.89. The first kappa shape index (κ1) is 27.2. The van der Waals surface area contributed by atoms with E-state index >= 15 is 0 Å². The number of hydrogen-bond donors (Lipinski definition) is 2. The Morgan fingerprint density at radius 3 is 2.37 bits per heavy atom. The zero-order chi connectivity index (χ0) is 27.1. The first-order valence-electron chi connectivity index (χ1n) is 12.4. The maximum absolute atomic E-state index is 12.8. The molecule has 0 aliphatic rings. The summed E-state index contributed by atoms with van der Waals surface area (Å²) in [6.07, 6.45) is 1.96. The second-order valence-corrected chi connectivity index (χ2v) is 9.08. The van der Waals surface area contributed by atoms with Gasteiger partial charge in [-0.3, -0.25) is 14.3 Å². The van der Waals surface area contributed by atoms with Crippen LogP contribution in [0, 0.1) is 0 Å². The number of nitrogen functional groups attached to an aromatic ring is 1. The maximum atomic E-state index is 12.8. The molecular formula is C28H32F2N6O2. The Morgan fingerprint density at radius 2 is 1.71 bits per heavy atom. The fourth-order valence-corrected chi connectivity index (χ4v) is 3.98. The monoisotopic (exact) mass is 522 g/mol. The average molecular weight is 523 g/mol. The van der Waals surface area contributed by atoms with E-state index in [1.165, 1.54) is 0 Å². The van der Waals surface area contributed by atoms with Gasteiger partial charge in [-0.15, -0.1) is 0 Å². The molecule has 10 heteroatoms. The predicted molar refractivity (Wildman–Crippen MR) is 145 cm³/mol. The van der Waals surface area contributed by atoms with Crippen LogP contribution < -0.4 is 16.1 Å².